The Hall–Kier alpha value is -1.72. The lowest BCUT2D eigenvalue weighted by Gasteiger charge is -2.00. The smallest absolute Gasteiger partial charge is 0.161 e. The number of aromatic nitrogens is 2. The Balaban J connectivity index is 2.10. The number of aryl methyl sites for hydroxylation is 2. The summed E-state index contributed by atoms with van der Waals surface area (Å²) in [6, 6.07) is 2.12. The molecular formula is C17H18N2OS2. The van der Waals surface area contributed by atoms with Crippen LogP contribution in [0, 0.1) is 13.8 Å². The zero-order valence-electron chi connectivity index (χ0n) is 13.1. The number of ketones is 1. The number of Topliss-reactive ketones (excluding diaryl/α,β-unsaturated/α-hetero) is 1. The van der Waals surface area contributed by atoms with Crippen LogP contribution < -0.4 is 0 Å². The van der Waals surface area contributed by atoms with Gasteiger partial charge >= 0.3 is 0 Å². The monoisotopic (exact) mass is 330 g/mol. The molecule has 1 N–H and O–H groups in total. The summed E-state index contributed by atoms with van der Waals surface area (Å²) in [5, 5.41) is 5.21. The molecule has 0 aliphatic rings. The summed E-state index contributed by atoms with van der Waals surface area (Å²) in [6.07, 6.45) is 0.819. The zero-order chi connectivity index (χ0) is 15.9. The zero-order valence-corrected chi connectivity index (χ0v) is 14.7. The predicted octanol–water partition coefficient (Wildman–Crippen LogP) is 5.25. The van der Waals surface area contributed by atoms with Crippen LogP contribution in [0.25, 0.3) is 21.3 Å². The van der Waals surface area contributed by atoms with E-state index in [0.717, 1.165) is 39.6 Å². The number of aromatic amines is 1. The normalized spacial score (nSPS) is 11.1. The predicted molar refractivity (Wildman–Crippen MR) is 94.1 cm³/mol. The van der Waals surface area contributed by atoms with Crippen molar-refractivity contribution in [1.29, 1.82) is 0 Å². The van der Waals surface area contributed by atoms with E-state index in [1.54, 1.807) is 29.6 Å². The molecule has 22 heavy (non-hydrogen) atoms. The second kappa shape index (κ2) is 5.82. The quantitative estimate of drug-likeness (QED) is 0.664. The SMILES string of the molecule is CCc1c(-c2csc(-c3sccc3C)n2)[nH]c(C)c1C(C)=O. The fourth-order valence-electron chi connectivity index (χ4n) is 2.81. The highest BCUT2D eigenvalue weighted by molar-refractivity contribution is 7.20. The van der Waals surface area contributed by atoms with Crippen molar-refractivity contribution in [3.8, 4) is 21.3 Å². The highest BCUT2D eigenvalue weighted by atomic mass is 32.1. The van der Waals surface area contributed by atoms with Crippen LogP contribution in [0.3, 0.4) is 0 Å². The molecule has 0 unspecified atom stereocenters. The van der Waals surface area contributed by atoms with Crippen LogP contribution in [0.5, 0.6) is 0 Å². The van der Waals surface area contributed by atoms with Crippen LogP contribution >= 0.6 is 22.7 Å². The Morgan fingerprint density at radius 1 is 1.32 bits per heavy atom. The lowest BCUT2D eigenvalue weighted by Crippen LogP contribution is -1.97. The first kappa shape index (κ1) is 15.2. The highest BCUT2D eigenvalue weighted by Crippen LogP contribution is 2.36. The van der Waals surface area contributed by atoms with Crippen molar-refractivity contribution in [1.82, 2.24) is 9.97 Å². The Morgan fingerprint density at radius 2 is 2.09 bits per heavy atom. The average Bonchev–Trinajstić information content (AvgIpc) is 3.15. The largest absolute Gasteiger partial charge is 0.356 e. The maximum Gasteiger partial charge on any atom is 0.161 e. The fraction of sp³-hybridized carbons (Fsp3) is 0.294. The molecule has 0 atom stereocenters. The summed E-state index contributed by atoms with van der Waals surface area (Å²) in [6.45, 7) is 7.77. The molecule has 5 heteroatoms. The molecule has 0 aliphatic heterocycles. The van der Waals surface area contributed by atoms with Crippen molar-refractivity contribution in [3.05, 3.63) is 39.2 Å². The van der Waals surface area contributed by atoms with Gasteiger partial charge in [0.05, 0.1) is 16.3 Å². The molecule has 3 nitrogen and oxygen atoms in total. The van der Waals surface area contributed by atoms with Gasteiger partial charge in [-0.3, -0.25) is 4.79 Å². The lowest BCUT2D eigenvalue weighted by molar-refractivity contribution is 0.101. The van der Waals surface area contributed by atoms with Gasteiger partial charge in [-0.15, -0.1) is 22.7 Å². The number of H-pyrrole nitrogens is 1. The molecule has 3 heterocycles. The van der Waals surface area contributed by atoms with Gasteiger partial charge in [-0.05, 0) is 49.8 Å². The lowest BCUT2D eigenvalue weighted by atomic mass is 10.0. The van der Waals surface area contributed by atoms with Gasteiger partial charge in [-0.2, -0.15) is 0 Å². The molecular weight excluding hydrogens is 312 g/mol. The highest BCUT2D eigenvalue weighted by Gasteiger charge is 2.20. The molecule has 0 amide bonds. The number of carbonyl (C=O) groups is 1. The molecule has 3 rings (SSSR count). The van der Waals surface area contributed by atoms with Crippen LogP contribution in [0.1, 0.15) is 41.0 Å². The third kappa shape index (κ3) is 2.44. The molecule has 0 bridgehead atoms. The molecule has 0 aromatic carbocycles. The van der Waals surface area contributed by atoms with Crippen LogP contribution in [-0.4, -0.2) is 15.8 Å². The van der Waals surface area contributed by atoms with E-state index in [4.69, 9.17) is 4.98 Å². The molecule has 0 radical (unpaired) electrons. The van der Waals surface area contributed by atoms with Crippen molar-refractivity contribution in [3.63, 3.8) is 0 Å². The number of hydrogen-bond acceptors (Lipinski definition) is 4. The summed E-state index contributed by atoms with van der Waals surface area (Å²) in [5.74, 6) is 0.112. The van der Waals surface area contributed by atoms with E-state index in [2.05, 4.69) is 35.7 Å². The van der Waals surface area contributed by atoms with Crippen LogP contribution in [0.2, 0.25) is 0 Å². The van der Waals surface area contributed by atoms with E-state index in [-0.39, 0.29) is 5.78 Å². The van der Waals surface area contributed by atoms with Gasteiger partial charge in [0.2, 0.25) is 0 Å². The van der Waals surface area contributed by atoms with E-state index in [0.29, 0.717) is 0 Å². The van der Waals surface area contributed by atoms with E-state index in [1.165, 1.54) is 10.4 Å². The fourth-order valence-corrected chi connectivity index (χ4v) is 4.72. The van der Waals surface area contributed by atoms with E-state index in [1.807, 2.05) is 6.92 Å². The maximum absolute atomic E-state index is 11.9. The third-order valence-electron chi connectivity index (χ3n) is 3.81. The van der Waals surface area contributed by atoms with Gasteiger partial charge in [0.15, 0.2) is 5.78 Å². The topological polar surface area (TPSA) is 45.8 Å². The minimum atomic E-state index is 0.112. The number of hydrogen-bond donors (Lipinski definition) is 1. The van der Waals surface area contributed by atoms with Crippen molar-refractivity contribution in [2.45, 2.75) is 34.1 Å². The number of rotatable bonds is 4. The maximum atomic E-state index is 11.9. The van der Waals surface area contributed by atoms with Crippen LogP contribution in [0.15, 0.2) is 16.8 Å². The summed E-state index contributed by atoms with van der Waals surface area (Å²) in [5.41, 5.74) is 6.00. The first-order valence-corrected chi connectivity index (χ1v) is 9.01. The Morgan fingerprint density at radius 3 is 2.68 bits per heavy atom. The molecule has 3 aromatic rings. The number of nitrogens with one attached hydrogen (secondary N) is 1. The van der Waals surface area contributed by atoms with Gasteiger partial charge < -0.3 is 4.98 Å². The minimum absolute atomic E-state index is 0.112. The molecule has 0 aliphatic carbocycles. The Labute approximate surface area is 138 Å². The van der Waals surface area contributed by atoms with Gasteiger partial charge in [0.1, 0.15) is 5.01 Å². The van der Waals surface area contributed by atoms with E-state index >= 15 is 0 Å². The third-order valence-corrected chi connectivity index (χ3v) is 5.83. The summed E-state index contributed by atoms with van der Waals surface area (Å²) >= 11 is 3.37. The van der Waals surface area contributed by atoms with Crippen molar-refractivity contribution in [2.24, 2.45) is 0 Å². The number of thiophene rings is 1. The molecule has 0 saturated carbocycles. The van der Waals surface area contributed by atoms with Crippen molar-refractivity contribution in [2.75, 3.05) is 0 Å². The average molecular weight is 330 g/mol. The van der Waals surface area contributed by atoms with Crippen LogP contribution in [0.4, 0.5) is 0 Å². The van der Waals surface area contributed by atoms with Crippen LogP contribution in [-0.2, 0) is 6.42 Å². The molecule has 0 spiro atoms. The first-order valence-electron chi connectivity index (χ1n) is 7.25. The van der Waals surface area contributed by atoms with Gasteiger partial charge in [-0.1, -0.05) is 6.92 Å². The number of thiazole rings is 1. The van der Waals surface area contributed by atoms with Crippen molar-refractivity contribution >= 4 is 28.5 Å². The Kier molecular flexibility index (Phi) is 4.02. The van der Waals surface area contributed by atoms with Gasteiger partial charge in [0, 0.05) is 16.6 Å². The van der Waals surface area contributed by atoms with Crippen molar-refractivity contribution < 1.29 is 4.79 Å². The summed E-state index contributed by atoms with van der Waals surface area (Å²) < 4.78 is 0. The van der Waals surface area contributed by atoms with E-state index < -0.39 is 0 Å². The second-order valence-corrected chi connectivity index (χ2v) is 7.13. The van der Waals surface area contributed by atoms with Gasteiger partial charge in [-0.25, -0.2) is 4.98 Å². The van der Waals surface area contributed by atoms with E-state index in [9.17, 15) is 4.79 Å². The Bertz CT molecular complexity index is 839. The van der Waals surface area contributed by atoms with Gasteiger partial charge in [0.25, 0.3) is 0 Å². The molecule has 3 aromatic heterocycles. The first-order chi connectivity index (χ1) is 10.5. The number of carbonyl (C=O) groups excluding carboxylic acids is 1. The standard InChI is InChI=1S/C17H18N2OS2/c1-5-12-14(11(4)20)10(3)18-15(12)13-8-22-17(19-13)16-9(2)6-7-21-16/h6-8,18H,5H2,1-4H3. The molecule has 114 valence electrons. The summed E-state index contributed by atoms with van der Waals surface area (Å²) in [7, 11) is 0. The molecule has 0 fully saturated rings. The number of nitrogens with zero attached hydrogens (tertiary/aromatic N) is 1. The second-order valence-electron chi connectivity index (χ2n) is 5.36. The molecule has 0 saturated heterocycles. The minimum Gasteiger partial charge on any atom is -0.356 e. The summed E-state index contributed by atoms with van der Waals surface area (Å²) in [4.78, 5) is 21.3.